The van der Waals surface area contributed by atoms with E-state index in [1.165, 1.54) is 11.3 Å². The number of anilines is 3. The van der Waals surface area contributed by atoms with Crippen LogP contribution in [0.25, 0.3) is 0 Å². The number of carbonyl (C=O) groups is 1. The zero-order valence-electron chi connectivity index (χ0n) is 12.3. The largest absolute Gasteiger partial charge is 0.378 e. The van der Waals surface area contributed by atoms with E-state index in [1.54, 1.807) is 12.1 Å². The molecule has 3 N–H and O–H groups in total. The van der Waals surface area contributed by atoms with E-state index in [-0.39, 0.29) is 0 Å². The Kier molecular flexibility index (Phi) is 4.26. The van der Waals surface area contributed by atoms with Crippen LogP contribution in [0, 0.1) is 6.92 Å². The molecule has 0 aliphatic carbocycles. The van der Waals surface area contributed by atoms with E-state index in [4.69, 9.17) is 10.5 Å². The molecule has 0 spiro atoms. The number of rotatable bonds is 4. The minimum absolute atomic E-state index is 0.438. The average molecular weight is 318 g/mol. The van der Waals surface area contributed by atoms with Gasteiger partial charge in [-0.2, -0.15) is 0 Å². The van der Waals surface area contributed by atoms with Crippen molar-refractivity contribution in [3.05, 3.63) is 34.8 Å². The van der Waals surface area contributed by atoms with E-state index in [2.05, 4.69) is 15.2 Å². The Bertz CT molecular complexity index is 680. The average Bonchev–Trinajstić information content (AvgIpc) is 2.93. The van der Waals surface area contributed by atoms with Gasteiger partial charge in [0.2, 0.25) is 5.91 Å². The summed E-state index contributed by atoms with van der Waals surface area (Å²) in [6.07, 6.45) is 0. The van der Waals surface area contributed by atoms with Gasteiger partial charge in [-0.1, -0.05) is 0 Å². The molecular formula is C15H18N4O2S. The molecule has 1 aromatic heterocycles. The summed E-state index contributed by atoms with van der Waals surface area (Å²) in [4.78, 5) is 18.1. The predicted molar refractivity (Wildman–Crippen MR) is 88.1 cm³/mol. The van der Waals surface area contributed by atoms with Crippen LogP contribution in [0.1, 0.15) is 16.1 Å². The number of nitrogens with zero attached hydrogens (tertiary/aromatic N) is 2. The molecule has 0 atom stereocenters. The maximum Gasteiger partial charge on any atom is 0.248 e. The number of ether oxygens (including phenoxy) is 1. The van der Waals surface area contributed by atoms with E-state index in [0.29, 0.717) is 18.8 Å². The molecule has 116 valence electrons. The van der Waals surface area contributed by atoms with Crippen molar-refractivity contribution >= 4 is 33.8 Å². The van der Waals surface area contributed by atoms with Crippen LogP contribution in [-0.2, 0) is 4.74 Å². The second kappa shape index (κ2) is 6.33. The van der Waals surface area contributed by atoms with Gasteiger partial charge in [-0.25, -0.2) is 4.98 Å². The minimum atomic E-state index is -0.438. The third-order valence-electron chi connectivity index (χ3n) is 3.49. The summed E-state index contributed by atoms with van der Waals surface area (Å²) >= 11 is 1.53. The molecule has 1 fully saturated rings. The van der Waals surface area contributed by atoms with Crippen molar-refractivity contribution in [2.24, 2.45) is 5.73 Å². The molecule has 22 heavy (non-hydrogen) atoms. The van der Waals surface area contributed by atoms with Crippen molar-refractivity contribution in [2.75, 3.05) is 36.5 Å². The van der Waals surface area contributed by atoms with E-state index < -0.39 is 5.91 Å². The Labute approximate surface area is 132 Å². The summed E-state index contributed by atoms with van der Waals surface area (Å²) < 4.78 is 5.40. The van der Waals surface area contributed by atoms with Crippen LogP contribution >= 0.6 is 11.3 Å². The third kappa shape index (κ3) is 3.20. The standard InChI is InChI=1S/C15H18N4O2S/c1-10-9-22-15(17-10)18-12-8-11(14(16)20)2-3-13(12)19-4-6-21-7-5-19/h2-3,8-9H,4-7H2,1H3,(H2,16,20)(H,17,18). The number of amides is 1. The second-order valence-corrected chi connectivity index (χ2v) is 5.97. The number of morpholine rings is 1. The number of carbonyl (C=O) groups excluding carboxylic acids is 1. The molecule has 1 aliphatic heterocycles. The van der Waals surface area contributed by atoms with E-state index in [0.717, 1.165) is 35.3 Å². The lowest BCUT2D eigenvalue weighted by molar-refractivity contribution is 0.1000. The van der Waals surface area contributed by atoms with Gasteiger partial charge in [0.05, 0.1) is 30.3 Å². The Morgan fingerprint density at radius 3 is 2.82 bits per heavy atom. The first-order chi connectivity index (χ1) is 10.6. The lowest BCUT2D eigenvalue weighted by Gasteiger charge is -2.30. The van der Waals surface area contributed by atoms with Gasteiger partial charge in [-0.15, -0.1) is 11.3 Å². The fourth-order valence-electron chi connectivity index (χ4n) is 2.40. The third-order valence-corrected chi connectivity index (χ3v) is 4.37. The van der Waals surface area contributed by atoms with Crippen LogP contribution in [0.2, 0.25) is 0 Å². The van der Waals surface area contributed by atoms with Gasteiger partial charge in [0.1, 0.15) is 0 Å². The van der Waals surface area contributed by atoms with Crippen molar-refractivity contribution in [3.8, 4) is 0 Å². The molecule has 0 bridgehead atoms. The first-order valence-electron chi connectivity index (χ1n) is 7.09. The van der Waals surface area contributed by atoms with Crippen LogP contribution in [-0.4, -0.2) is 37.2 Å². The predicted octanol–water partition coefficient (Wildman–Crippen LogP) is 2.13. The maximum absolute atomic E-state index is 11.4. The van der Waals surface area contributed by atoms with Crippen LogP contribution in [0.3, 0.4) is 0 Å². The van der Waals surface area contributed by atoms with Gasteiger partial charge in [0.15, 0.2) is 5.13 Å². The molecular weight excluding hydrogens is 300 g/mol. The topological polar surface area (TPSA) is 80.5 Å². The van der Waals surface area contributed by atoms with Crippen molar-refractivity contribution in [1.82, 2.24) is 4.98 Å². The van der Waals surface area contributed by atoms with Gasteiger partial charge >= 0.3 is 0 Å². The Hall–Kier alpha value is -2.12. The van der Waals surface area contributed by atoms with Crippen LogP contribution in [0.4, 0.5) is 16.5 Å². The fraction of sp³-hybridized carbons (Fsp3) is 0.333. The number of hydrogen-bond acceptors (Lipinski definition) is 6. The molecule has 7 heteroatoms. The highest BCUT2D eigenvalue weighted by Crippen LogP contribution is 2.31. The number of primary amides is 1. The zero-order chi connectivity index (χ0) is 15.5. The molecule has 1 aliphatic rings. The van der Waals surface area contributed by atoms with Crippen molar-refractivity contribution < 1.29 is 9.53 Å². The van der Waals surface area contributed by atoms with Crippen molar-refractivity contribution in [1.29, 1.82) is 0 Å². The normalized spacial score (nSPS) is 14.9. The minimum Gasteiger partial charge on any atom is -0.378 e. The van der Waals surface area contributed by atoms with Crippen LogP contribution in [0.15, 0.2) is 23.6 Å². The van der Waals surface area contributed by atoms with E-state index in [1.807, 2.05) is 18.4 Å². The fourth-order valence-corrected chi connectivity index (χ4v) is 3.10. The highest BCUT2D eigenvalue weighted by molar-refractivity contribution is 7.13. The smallest absolute Gasteiger partial charge is 0.248 e. The SMILES string of the molecule is Cc1csc(Nc2cc(C(N)=O)ccc2N2CCOCC2)n1. The van der Waals surface area contributed by atoms with Crippen molar-refractivity contribution in [3.63, 3.8) is 0 Å². The number of aryl methyl sites for hydroxylation is 1. The van der Waals surface area contributed by atoms with Gasteiger partial charge in [0, 0.05) is 24.0 Å². The summed E-state index contributed by atoms with van der Waals surface area (Å²) in [7, 11) is 0. The summed E-state index contributed by atoms with van der Waals surface area (Å²) in [5, 5.41) is 6.08. The Morgan fingerprint density at radius 1 is 1.41 bits per heavy atom. The number of aromatic nitrogens is 1. The second-order valence-electron chi connectivity index (χ2n) is 5.11. The highest BCUT2D eigenvalue weighted by Gasteiger charge is 2.17. The van der Waals surface area contributed by atoms with Gasteiger partial charge < -0.3 is 20.7 Å². The van der Waals surface area contributed by atoms with Crippen LogP contribution in [0.5, 0.6) is 0 Å². The number of hydrogen-bond donors (Lipinski definition) is 2. The lowest BCUT2D eigenvalue weighted by atomic mass is 10.1. The van der Waals surface area contributed by atoms with Crippen molar-refractivity contribution in [2.45, 2.75) is 6.92 Å². The Morgan fingerprint density at radius 2 is 2.18 bits per heavy atom. The summed E-state index contributed by atoms with van der Waals surface area (Å²) in [5.74, 6) is -0.438. The summed E-state index contributed by atoms with van der Waals surface area (Å²) in [5.41, 5.74) is 8.71. The monoisotopic (exact) mass is 318 g/mol. The molecule has 1 aromatic carbocycles. The lowest BCUT2D eigenvalue weighted by Crippen LogP contribution is -2.36. The first kappa shape index (κ1) is 14.8. The quantitative estimate of drug-likeness (QED) is 0.902. The van der Waals surface area contributed by atoms with Crippen LogP contribution < -0.4 is 16.0 Å². The molecule has 0 unspecified atom stereocenters. The molecule has 2 heterocycles. The molecule has 6 nitrogen and oxygen atoms in total. The van der Waals surface area contributed by atoms with E-state index in [9.17, 15) is 4.79 Å². The number of benzene rings is 1. The van der Waals surface area contributed by atoms with E-state index >= 15 is 0 Å². The highest BCUT2D eigenvalue weighted by atomic mass is 32.1. The summed E-state index contributed by atoms with van der Waals surface area (Å²) in [6, 6.07) is 5.46. The van der Waals surface area contributed by atoms with Gasteiger partial charge in [-0.3, -0.25) is 4.79 Å². The number of nitrogens with one attached hydrogen (secondary N) is 1. The van der Waals surface area contributed by atoms with Gasteiger partial charge in [0.25, 0.3) is 0 Å². The first-order valence-corrected chi connectivity index (χ1v) is 7.97. The molecule has 1 amide bonds. The maximum atomic E-state index is 11.4. The summed E-state index contributed by atoms with van der Waals surface area (Å²) in [6.45, 7) is 4.99. The molecule has 1 saturated heterocycles. The van der Waals surface area contributed by atoms with Gasteiger partial charge in [-0.05, 0) is 25.1 Å². The molecule has 3 rings (SSSR count). The molecule has 2 aromatic rings. The number of nitrogens with two attached hydrogens (primary N) is 1. The zero-order valence-corrected chi connectivity index (χ0v) is 13.2. The number of thiazole rings is 1. The Balaban J connectivity index is 1.95. The molecule has 0 saturated carbocycles. The molecule has 0 radical (unpaired) electrons.